The molecular weight excluding hydrogens is 236 g/mol. The third-order valence-corrected chi connectivity index (χ3v) is 1.88. The molecule has 1 unspecified atom stereocenters. The van der Waals surface area contributed by atoms with E-state index in [1.54, 1.807) is 0 Å². The molecule has 0 aromatic heterocycles. The molecule has 0 spiro atoms. The van der Waals surface area contributed by atoms with E-state index in [9.17, 15) is 0 Å². The normalized spacial score (nSPS) is 13.9. The molecule has 0 amide bonds. The number of rotatable bonds is 6. The van der Waals surface area contributed by atoms with Crippen LogP contribution in [0.2, 0.25) is 0 Å². The molecule has 8 N–H and O–H groups in total. The van der Waals surface area contributed by atoms with Crippen LogP contribution in [-0.2, 0) is 0 Å². The van der Waals surface area contributed by atoms with Gasteiger partial charge in [-0.15, -0.1) is 0 Å². The molecule has 0 aromatic rings. The highest BCUT2D eigenvalue weighted by molar-refractivity contribution is 4.79. The molecule has 0 rings (SSSR count). The Morgan fingerprint density at radius 2 is 1.18 bits per heavy atom. The van der Waals surface area contributed by atoms with Crippen LogP contribution in [0.15, 0.2) is 0 Å². The SMILES string of the molecule is CC(O)CO.OCC(CO)(CO)CC(O)(O)O. The number of hydrogen-bond acceptors (Lipinski definition) is 8. The van der Waals surface area contributed by atoms with Crippen LogP contribution in [0, 0.1) is 5.41 Å². The minimum Gasteiger partial charge on any atom is -0.396 e. The van der Waals surface area contributed by atoms with Gasteiger partial charge in [0.15, 0.2) is 0 Å². The third kappa shape index (κ3) is 10.5. The summed E-state index contributed by atoms with van der Waals surface area (Å²) >= 11 is 0. The second-order valence-electron chi connectivity index (χ2n) is 3.96. The zero-order valence-electron chi connectivity index (χ0n) is 9.69. The first kappa shape index (κ1) is 19.0. The quantitative estimate of drug-likeness (QED) is 0.226. The summed E-state index contributed by atoms with van der Waals surface area (Å²) in [5.41, 5.74) is -1.47. The molecule has 0 heterocycles. The van der Waals surface area contributed by atoms with Gasteiger partial charge in [-0.3, -0.25) is 0 Å². The van der Waals surface area contributed by atoms with Gasteiger partial charge in [-0.25, -0.2) is 0 Å². The second-order valence-corrected chi connectivity index (χ2v) is 3.96. The van der Waals surface area contributed by atoms with E-state index in [0.29, 0.717) is 0 Å². The molecule has 0 aliphatic carbocycles. The van der Waals surface area contributed by atoms with E-state index < -0.39 is 43.7 Å². The van der Waals surface area contributed by atoms with Crippen molar-refractivity contribution in [3.63, 3.8) is 0 Å². The van der Waals surface area contributed by atoms with E-state index >= 15 is 0 Å². The molecule has 8 heteroatoms. The van der Waals surface area contributed by atoms with Crippen molar-refractivity contribution in [1.29, 1.82) is 0 Å². The predicted molar refractivity (Wildman–Crippen MR) is 56.5 cm³/mol. The average Bonchev–Trinajstić information content (AvgIpc) is 2.25. The van der Waals surface area contributed by atoms with Crippen molar-refractivity contribution in [1.82, 2.24) is 0 Å². The lowest BCUT2D eigenvalue weighted by Crippen LogP contribution is -2.43. The van der Waals surface area contributed by atoms with Crippen molar-refractivity contribution < 1.29 is 40.9 Å². The zero-order valence-corrected chi connectivity index (χ0v) is 9.69. The van der Waals surface area contributed by atoms with Crippen molar-refractivity contribution in [2.75, 3.05) is 26.4 Å². The highest BCUT2D eigenvalue weighted by atomic mass is 16.7. The lowest BCUT2D eigenvalue weighted by atomic mass is 9.86. The highest BCUT2D eigenvalue weighted by Crippen LogP contribution is 2.24. The number of aliphatic hydroxyl groups excluding tert-OH is 5. The fraction of sp³-hybridized carbons (Fsp3) is 1.00. The van der Waals surface area contributed by atoms with Crippen molar-refractivity contribution in [2.24, 2.45) is 5.41 Å². The van der Waals surface area contributed by atoms with Gasteiger partial charge in [-0.2, -0.15) is 0 Å². The van der Waals surface area contributed by atoms with E-state index in [2.05, 4.69) is 0 Å². The van der Waals surface area contributed by atoms with Gasteiger partial charge in [0.05, 0.1) is 32.5 Å². The van der Waals surface area contributed by atoms with Crippen molar-refractivity contribution in [3.05, 3.63) is 0 Å². The van der Waals surface area contributed by atoms with E-state index in [-0.39, 0.29) is 6.61 Å². The molecule has 0 bridgehead atoms. The predicted octanol–water partition coefficient (Wildman–Crippen LogP) is -3.67. The summed E-state index contributed by atoms with van der Waals surface area (Å²) in [6, 6.07) is 0. The van der Waals surface area contributed by atoms with Crippen LogP contribution in [0.1, 0.15) is 13.3 Å². The van der Waals surface area contributed by atoms with Gasteiger partial charge in [0.1, 0.15) is 0 Å². The maximum Gasteiger partial charge on any atom is 0.276 e. The van der Waals surface area contributed by atoms with Crippen molar-refractivity contribution in [2.45, 2.75) is 25.4 Å². The van der Waals surface area contributed by atoms with Crippen LogP contribution in [0.5, 0.6) is 0 Å². The lowest BCUT2D eigenvalue weighted by Gasteiger charge is -2.30. The van der Waals surface area contributed by atoms with Gasteiger partial charge in [-0.1, -0.05) is 0 Å². The Morgan fingerprint density at radius 1 is 0.882 bits per heavy atom. The van der Waals surface area contributed by atoms with Gasteiger partial charge < -0.3 is 40.9 Å². The standard InChI is InChI=1S/C6H14O6.C3H8O2/c7-2-5(3-8,4-9)1-6(10,11)12;1-3(5)2-4/h7-12H,1-4H2;3-5H,2H2,1H3. The fourth-order valence-electron chi connectivity index (χ4n) is 0.821. The summed E-state index contributed by atoms with van der Waals surface area (Å²) in [5, 5.41) is 67.6. The monoisotopic (exact) mass is 258 g/mol. The molecule has 0 aliphatic heterocycles. The van der Waals surface area contributed by atoms with Gasteiger partial charge in [0.25, 0.3) is 5.97 Å². The zero-order chi connectivity index (χ0) is 14.1. The van der Waals surface area contributed by atoms with Crippen LogP contribution in [0.4, 0.5) is 0 Å². The Bertz CT molecular complexity index is 164. The van der Waals surface area contributed by atoms with Crippen LogP contribution in [0.3, 0.4) is 0 Å². The van der Waals surface area contributed by atoms with Crippen LogP contribution in [-0.4, -0.2) is 79.4 Å². The smallest absolute Gasteiger partial charge is 0.276 e. The maximum absolute atomic E-state index is 8.69. The number of hydrogen-bond donors (Lipinski definition) is 8. The first-order chi connectivity index (χ1) is 7.66. The molecule has 1 atom stereocenters. The molecule has 0 aromatic carbocycles. The van der Waals surface area contributed by atoms with Gasteiger partial charge in [0, 0.05) is 11.8 Å². The minimum absolute atomic E-state index is 0.139. The molecular formula is C9H22O8. The summed E-state index contributed by atoms with van der Waals surface area (Å²) in [5.74, 6) is -2.99. The summed E-state index contributed by atoms with van der Waals surface area (Å²) in [4.78, 5) is 0. The van der Waals surface area contributed by atoms with Gasteiger partial charge in [0.2, 0.25) is 0 Å². The Morgan fingerprint density at radius 3 is 1.24 bits per heavy atom. The minimum atomic E-state index is -2.99. The Balaban J connectivity index is 0. The summed E-state index contributed by atoms with van der Waals surface area (Å²) in [6.07, 6.45) is -1.28. The van der Waals surface area contributed by atoms with E-state index in [0.717, 1.165) is 0 Å². The van der Waals surface area contributed by atoms with Crippen LogP contribution >= 0.6 is 0 Å². The first-order valence-corrected chi connectivity index (χ1v) is 4.95. The average molecular weight is 258 g/mol. The summed E-state index contributed by atoms with van der Waals surface area (Å²) in [7, 11) is 0. The fourth-order valence-corrected chi connectivity index (χ4v) is 0.821. The molecule has 0 aliphatic rings. The Labute approximate surface area is 99.0 Å². The van der Waals surface area contributed by atoms with Crippen molar-refractivity contribution >= 4 is 0 Å². The number of aliphatic hydroxyl groups is 8. The van der Waals surface area contributed by atoms with E-state index in [4.69, 9.17) is 40.9 Å². The molecule has 8 nitrogen and oxygen atoms in total. The Kier molecular flexibility index (Phi) is 9.77. The van der Waals surface area contributed by atoms with Gasteiger partial charge >= 0.3 is 0 Å². The molecule has 106 valence electrons. The molecule has 0 saturated heterocycles. The Hall–Kier alpha value is -0.320. The summed E-state index contributed by atoms with van der Waals surface area (Å²) < 4.78 is 0. The first-order valence-electron chi connectivity index (χ1n) is 4.95. The van der Waals surface area contributed by atoms with Crippen LogP contribution in [0.25, 0.3) is 0 Å². The largest absolute Gasteiger partial charge is 0.396 e. The van der Waals surface area contributed by atoms with E-state index in [1.807, 2.05) is 0 Å². The molecule has 0 fully saturated rings. The summed E-state index contributed by atoms with van der Waals surface area (Å²) in [6.45, 7) is -0.559. The maximum atomic E-state index is 8.69. The third-order valence-electron chi connectivity index (χ3n) is 1.88. The van der Waals surface area contributed by atoms with E-state index in [1.165, 1.54) is 6.92 Å². The van der Waals surface area contributed by atoms with Gasteiger partial charge in [-0.05, 0) is 6.92 Å². The van der Waals surface area contributed by atoms with Crippen molar-refractivity contribution in [3.8, 4) is 0 Å². The van der Waals surface area contributed by atoms with Crippen LogP contribution < -0.4 is 0 Å². The second kappa shape index (κ2) is 8.72. The molecule has 0 saturated carbocycles. The lowest BCUT2D eigenvalue weighted by molar-refractivity contribution is -0.331. The molecule has 17 heavy (non-hydrogen) atoms. The highest BCUT2D eigenvalue weighted by Gasteiger charge is 2.37. The molecule has 0 radical (unpaired) electrons. The topological polar surface area (TPSA) is 162 Å².